The van der Waals surface area contributed by atoms with Crippen LogP contribution in [0, 0.1) is 0 Å². The Hall–Kier alpha value is -9.63. The van der Waals surface area contributed by atoms with Crippen molar-refractivity contribution in [1.82, 2.24) is 0 Å². The molecule has 1 fully saturated rings. The first kappa shape index (κ1) is 48.8. The van der Waals surface area contributed by atoms with E-state index in [2.05, 4.69) is 6.58 Å². The molecule has 0 bridgehead atoms. The molecule has 69 heavy (non-hydrogen) atoms. The van der Waals surface area contributed by atoms with Crippen LogP contribution in [0.3, 0.4) is 0 Å². The first-order chi connectivity index (χ1) is 32.2. The summed E-state index contributed by atoms with van der Waals surface area (Å²) in [6, 6.07) is 2.35. The third kappa shape index (κ3) is 9.02. The number of cyclic esters (lactones) is 1. The minimum atomic E-state index is -2.53. The van der Waals surface area contributed by atoms with Gasteiger partial charge in [-0.25, -0.2) is 24.0 Å². The third-order valence-electron chi connectivity index (χ3n) is 10.0. The van der Waals surface area contributed by atoms with Crippen LogP contribution in [-0.2, 0) is 28.5 Å². The number of aromatic hydroxyl groups is 11. The van der Waals surface area contributed by atoms with E-state index in [4.69, 9.17) is 28.4 Å². The van der Waals surface area contributed by atoms with Crippen molar-refractivity contribution in [2.75, 3.05) is 6.61 Å². The highest BCUT2D eigenvalue weighted by Crippen LogP contribution is 2.55. The number of phenols is 11. The number of phenolic OH excluding ortho intramolecular Hbond substituents is 11. The lowest BCUT2D eigenvalue weighted by atomic mass is 9.91. The number of carboxylic acids is 1. The van der Waals surface area contributed by atoms with E-state index in [1.165, 1.54) is 0 Å². The predicted molar refractivity (Wildman–Crippen MR) is 217 cm³/mol. The van der Waals surface area contributed by atoms with Crippen LogP contribution in [-0.4, -0.2) is 149 Å². The number of allylic oxidation sites excluding steroid dienone is 1. The smallest absolute Gasteiger partial charge is 0.339 e. The highest BCUT2D eigenvalue weighted by atomic mass is 16.7. The predicted octanol–water partition coefficient (Wildman–Crippen LogP) is 2.50. The lowest BCUT2D eigenvalue weighted by Crippen LogP contribution is -2.62. The van der Waals surface area contributed by atoms with E-state index in [1.54, 1.807) is 0 Å². The van der Waals surface area contributed by atoms with Crippen LogP contribution in [0.5, 0.6) is 74.7 Å². The minimum absolute atomic E-state index is 0.371. The van der Waals surface area contributed by atoms with E-state index in [9.17, 15) is 106 Å². The molecule has 2 aliphatic heterocycles. The number of carboxylic acid groups (broad SMARTS) is 1. The van der Waals surface area contributed by atoms with Gasteiger partial charge in [0.1, 0.15) is 18.3 Å². The van der Waals surface area contributed by atoms with Gasteiger partial charge in [-0.2, -0.15) is 0 Å². The number of esters is 4. The van der Waals surface area contributed by atoms with Crippen LogP contribution in [0.15, 0.2) is 65.8 Å². The largest absolute Gasteiger partial charge is 0.505 e. The Morgan fingerprint density at radius 3 is 1.83 bits per heavy atom. The molecule has 0 aliphatic carbocycles. The maximum atomic E-state index is 14.4. The summed E-state index contributed by atoms with van der Waals surface area (Å²) >= 11 is 0. The number of aliphatic hydroxyl groups is 4. The zero-order valence-electron chi connectivity index (χ0n) is 34.4. The molecule has 5 atom stereocenters. The lowest BCUT2D eigenvalue weighted by molar-refractivity contribution is -0.287. The number of hydrogen-bond acceptors (Lipinski definition) is 26. The van der Waals surface area contributed by atoms with Gasteiger partial charge in [0, 0.05) is 28.8 Å². The molecular formula is C42H34O27. The van der Waals surface area contributed by atoms with Gasteiger partial charge >= 0.3 is 29.8 Å². The molecule has 16 N–H and O–H groups in total. The molecule has 1 saturated heterocycles. The molecule has 4 unspecified atom stereocenters. The summed E-state index contributed by atoms with van der Waals surface area (Å²) in [5.41, 5.74) is -7.08. The van der Waals surface area contributed by atoms with Crippen molar-refractivity contribution < 1.29 is 134 Å². The summed E-state index contributed by atoms with van der Waals surface area (Å²) in [5, 5.41) is 166. The molecule has 27 heteroatoms. The van der Waals surface area contributed by atoms with Crippen molar-refractivity contribution in [2.45, 2.75) is 37.6 Å². The van der Waals surface area contributed by atoms with Gasteiger partial charge in [-0.15, -0.1) is 0 Å². The SMILES string of the molecule is C=C(O)/C(O)=C(O)\C=C(/C)C(=O)OC1C(OC(=O)c2cc(O)c(O)c(O)c2)C(O)O[C@@H]2COC(=O)c3cc(Oc4c(C(=O)O)cc(O)c(O)c4O)c(O)c(O)c3-c3c(cc(O)c(O)c3O)C(=O)OC12. The molecule has 2 heterocycles. The quantitative estimate of drug-likeness (QED) is 0.0286. The number of carbonyl (C=O) groups excluding carboxylic acids is 4. The third-order valence-corrected chi connectivity index (χ3v) is 10.0. The van der Waals surface area contributed by atoms with Gasteiger partial charge in [-0.1, -0.05) is 6.58 Å². The molecule has 0 aromatic heterocycles. The van der Waals surface area contributed by atoms with Crippen molar-refractivity contribution in [2.24, 2.45) is 0 Å². The molecule has 0 spiro atoms. The fourth-order valence-corrected chi connectivity index (χ4v) is 6.65. The normalized spacial score (nSPS) is 19.4. The van der Waals surface area contributed by atoms with E-state index >= 15 is 0 Å². The van der Waals surface area contributed by atoms with Crippen LogP contribution in [0.4, 0.5) is 0 Å². The van der Waals surface area contributed by atoms with Gasteiger partial charge in [0.15, 0.2) is 93.6 Å². The van der Waals surface area contributed by atoms with E-state index in [-0.39, 0.29) is 0 Å². The Balaban J connectivity index is 1.53. The Morgan fingerprint density at radius 1 is 0.681 bits per heavy atom. The van der Waals surface area contributed by atoms with Crippen LogP contribution in [0.25, 0.3) is 11.1 Å². The zero-order valence-corrected chi connectivity index (χ0v) is 34.4. The summed E-state index contributed by atoms with van der Waals surface area (Å²) < 4.78 is 32.6. The molecule has 27 nitrogen and oxygen atoms in total. The summed E-state index contributed by atoms with van der Waals surface area (Å²) in [6.45, 7) is 2.68. The highest BCUT2D eigenvalue weighted by Gasteiger charge is 2.53. The van der Waals surface area contributed by atoms with Crippen molar-refractivity contribution in [3.05, 3.63) is 88.1 Å². The number of benzene rings is 4. The monoisotopic (exact) mass is 970 g/mol. The second-order valence-electron chi connectivity index (χ2n) is 14.5. The maximum absolute atomic E-state index is 14.4. The number of fused-ring (bicyclic) bond motifs is 4. The number of ether oxygens (including phenoxy) is 6. The highest BCUT2D eigenvalue weighted by molar-refractivity contribution is 6.08. The summed E-state index contributed by atoms with van der Waals surface area (Å²) in [6.07, 6.45) is -11.3. The molecule has 2 aliphatic rings. The number of aliphatic hydroxyl groups excluding tert-OH is 4. The molecule has 4 aromatic rings. The van der Waals surface area contributed by atoms with Gasteiger partial charge in [-0.3, -0.25) is 0 Å². The van der Waals surface area contributed by atoms with Crippen molar-refractivity contribution in [3.8, 4) is 85.9 Å². The summed E-state index contributed by atoms with van der Waals surface area (Å²) in [4.78, 5) is 67.6. The molecule has 4 aromatic carbocycles. The maximum Gasteiger partial charge on any atom is 0.339 e. The average Bonchev–Trinajstić information content (AvgIpc) is 3.30. The molecule has 0 radical (unpaired) electrons. The zero-order chi connectivity index (χ0) is 51.2. The van der Waals surface area contributed by atoms with E-state index < -0.39 is 198 Å². The first-order valence-electron chi connectivity index (χ1n) is 18.9. The standard InChI is InChI=1S/C42H34O27/c1-10(3-16(44)25(49)11(2)43)38(59)68-35-34-22(66-42(63)36(35)69-39(60)12-4-17(45)26(50)18(46)5-12)9-64-40(61)14-8-21(65-33-15(37(57)58)7-20(48)28(52)32(33)56)29(53)31(55)24(14)23-13(41(62)67-34)6-19(47)27(51)30(23)54/h3-8,22,34-36,42-56,63H,2,9H2,1H3,(H,57,58)/b10-3+,25-16-/t22-,34?,35?,36?,42?/m1/s1. The molecule has 0 saturated carbocycles. The summed E-state index contributed by atoms with van der Waals surface area (Å²) in [5.74, 6) is -29.0. The Morgan fingerprint density at radius 2 is 1.23 bits per heavy atom. The van der Waals surface area contributed by atoms with Crippen LogP contribution in [0.2, 0.25) is 0 Å². The Labute approximate surface area is 381 Å². The number of carbonyl (C=O) groups is 5. The van der Waals surface area contributed by atoms with Gasteiger partial charge in [-0.05, 0) is 31.2 Å². The number of aromatic carboxylic acids is 1. The molecular weight excluding hydrogens is 936 g/mol. The van der Waals surface area contributed by atoms with E-state index in [0.717, 1.165) is 6.92 Å². The topological polar surface area (TPSA) is 464 Å². The van der Waals surface area contributed by atoms with E-state index in [0.29, 0.717) is 36.4 Å². The average molecular weight is 971 g/mol. The second kappa shape index (κ2) is 18.3. The Kier molecular flexibility index (Phi) is 13.0. The van der Waals surface area contributed by atoms with Crippen LogP contribution < -0.4 is 4.74 Å². The van der Waals surface area contributed by atoms with Crippen LogP contribution in [0.1, 0.15) is 48.4 Å². The number of rotatable bonds is 9. The number of hydrogen-bond donors (Lipinski definition) is 16. The first-order valence-corrected chi connectivity index (χ1v) is 18.9. The minimum Gasteiger partial charge on any atom is -0.505 e. The van der Waals surface area contributed by atoms with E-state index in [1.807, 2.05) is 0 Å². The van der Waals surface area contributed by atoms with Gasteiger partial charge in [0.25, 0.3) is 0 Å². The Bertz CT molecular complexity index is 2920. The van der Waals surface area contributed by atoms with Gasteiger partial charge in [0.2, 0.25) is 23.0 Å². The van der Waals surface area contributed by atoms with Gasteiger partial charge in [0.05, 0.1) is 16.7 Å². The fraction of sp³-hybridized carbons (Fsp3) is 0.167. The molecule has 6 rings (SSSR count). The van der Waals surface area contributed by atoms with Crippen molar-refractivity contribution in [3.63, 3.8) is 0 Å². The summed E-state index contributed by atoms with van der Waals surface area (Å²) in [7, 11) is 0. The van der Waals surface area contributed by atoms with Crippen molar-refractivity contribution >= 4 is 29.8 Å². The molecule has 0 amide bonds. The lowest BCUT2D eigenvalue weighted by Gasteiger charge is -2.42. The van der Waals surface area contributed by atoms with Crippen molar-refractivity contribution in [1.29, 1.82) is 0 Å². The molecule has 364 valence electrons. The van der Waals surface area contributed by atoms with Gasteiger partial charge < -0.3 is 110 Å². The fourth-order valence-electron chi connectivity index (χ4n) is 6.65. The van der Waals surface area contributed by atoms with Crippen LogP contribution >= 0.6 is 0 Å². The second-order valence-corrected chi connectivity index (χ2v) is 14.5.